The summed E-state index contributed by atoms with van der Waals surface area (Å²) in [5, 5.41) is 10.5. The van der Waals surface area contributed by atoms with Crippen molar-refractivity contribution in [2.75, 3.05) is 0 Å². The molecule has 1 atom stereocenters. The summed E-state index contributed by atoms with van der Waals surface area (Å²) < 4.78 is 5.68. The van der Waals surface area contributed by atoms with Gasteiger partial charge in [-0.3, -0.25) is 10.1 Å². The summed E-state index contributed by atoms with van der Waals surface area (Å²) in [6.45, 7) is 7.91. The van der Waals surface area contributed by atoms with Gasteiger partial charge in [-0.2, -0.15) is 0 Å². The fourth-order valence-corrected chi connectivity index (χ4v) is 1.54. The molecule has 0 aromatic heterocycles. The minimum atomic E-state index is -0.420. The summed E-state index contributed by atoms with van der Waals surface area (Å²) in [6.07, 6.45) is 0.506. The monoisotopic (exact) mass is 259 g/mol. The van der Waals surface area contributed by atoms with E-state index in [4.69, 9.17) is 4.74 Å². The van der Waals surface area contributed by atoms with Gasteiger partial charge in [-0.15, -0.1) is 12.5 Å². The average molecular weight is 259 g/mol. The lowest BCUT2D eigenvalue weighted by atomic mass is 10.1. The second kappa shape index (κ2) is 7.34. The Morgan fingerprint density at radius 1 is 1.47 bits per heavy atom. The van der Waals surface area contributed by atoms with E-state index >= 15 is 0 Å². The van der Waals surface area contributed by atoms with Crippen molar-refractivity contribution in [2.24, 2.45) is 0 Å². The molecule has 0 saturated carbocycles. The zero-order chi connectivity index (χ0) is 14.3. The molecular weight excluding hydrogens is 242 g/mol. The number of nitrogens with zero attached hydrogens (tertiary/aromatic N) is 1. The number of ether oxygens (including phenoxy) is 1. The highest BCUT2D eigenvalue weighted by Gasteiger charge is 2.08. The summed E-state index contributed by atoms with van der Waals surface area (Å²) in [5.41, 5.74) is 1.97. The van der Waals surface area contributed by atoms with Gasteiger partial charge in [0.2, 0.25) is 0 Å². The van der Waals surface area contributed by atoms with Crippen LogP contribution < -0.4 is 0 Å². The Labute approximate surface area is 113 Å². The second-order valence-electron chi connectivity index (χ2n) is 4.28. The maximum absolute atomic E-state index is 10.5. The molecule has 1 unspecified atom stereocenters. The molecule has 0 saturated heterocycles. The summed E-state index contributed by atoms with van der Waals surface area (Å²) in [4.78, 5) is 10.1. The van der Waals surface area contributed by atoms with Crippen molar-refractivity contribution >= 4 is 5.69 Å². The fourth-order valence-electron chi connectivity index (χ4n) is 1.54. The number of nitro benzene ring substituents is 1. The van der Waals surface area contributed by atoms with Crippen LogP contribution in [0.5, 0.6) is 0 Å². The van der Waals surface area contributed by atoms with Gasteiger partial charge < -0.3 is 4.74 Å². The molecule has 4 nitrogen and oxygen atoms in total. The summed E-state index contributed by atoms with van der Waals surface area (Å²) >= 11 is 0. The predicted octanol–water partition coefficient (Wildman–Crippen LogP) is 3.47. The Morgan fingerprint density at radius 3 is 2.58 bits per heavy atom. The Morgan fingerprint density at radius 2 is 2.11 bits per heavy atom. The highest BCUT2D eigenvalue weighted by atomic mass is 16.6. The Bertz CT molecular complexity index is 508. The third kappa shape index (κ3) is 5.36. The number of rotatable bonds is 6. The molecular formula is C15H17NO3. The van der Waals surface area contributed by atoms with Crippen molar-refractivity contribution in [1.82, 2.24) is 0 Å². The van der Waals surface area contributed by atoms with Gasteiger partial charge >= 0.3 is 0 Å². The van der Waals surface area contributed by atoms with E-state index in [1.165, 1.54) is 12.1 Å². The highest BCUT2D eigenvalue weighted by Crippen LogP contribution is 2.14. The molecule has 4 heteroatoms. The van der Waals surface area contributed by atoms with E-state index in [2.05, 4.69) is 18.4 Å². The van der Waals surface area contributed by atoms with Crippen LogP contribution in [0.15, 0.2) is 36.4 Å². The third-order valence-electron chi connectivity index (χ3n) is 2.44. The second-order valence-corrected chi connectivity index (χ2v) is 4.28. The van der Waals surface area contributed by atoms with Crippen LogP contribution in [0.2, 0.25) is 0 Å². The normalized spacial score (nSPS) is 11.3. The average Bonchev–Trinajstić information content (AvgIpc) is 2.36. The molecule has 0 fully saturated rings. The zero-order valence-corrected chi connectivity index (χ0v) is 11.2. The van der Waals surface area contributed by atoms with E-state index < -0.39 is 4.92 Å². The molecule has 1 aromatic carbocycles. The van der Waals surface area contributed by atoms with Gasteiger partial charge in [-0.1, -0.05) is 11.5 Å². The smallest absolute Gasteiger partial charge is 0.269 e. The van der Waals surface area contributed by atoms with Crippen molar-refractivity contribution < 1.29 is 9.66 Å². The van der Waals surface area contributed by atoms with Gasteiger partial charge in [0.05, 0.1) is 11.5 Å². The van der Waals surface area contributed by atoms with E-state index in [1.54, 1.807) is 19.1 Å². The topological polar surface area (TPSA) is 52.4 Å². The molecule has 0 aliphatic carbocycles. The Kier molecular flexibility index (Phi) is 5.77. The van der Waals surface area contributed by atoms with Crippen molar-refractivity contribution in [3.05, 3.63) is 52.1 Å². The Hall–Kier alpha value is -2.12. The van der Waals surface area contributed by atoms with Gasteiger partial charge in [0, 0.05) is 18.6 Å². The van der Waals surface area contributed by atoms with Crippen LogP contribution in [-0.4, -0.2) is 11.0 Å². The van der Waals surface area contributed by atoms with Crippen LogP contribution in [0.3, 0.4) is 0 Å². The molecule has 19 heavy (non-hydrogen) atoms. The standard InChI is InChI=1S/C15H17NO3/c1-4-5-15(10-12(2)3)19-11-13-6-8-14(9-7-13)16(17)18/h6-9,15H,2,10-11H2,1,3H3. The van der Waals surface area contributed by atoms with Crippen LogP contribution in [-0.2, 0) is 11.3 Å². The van der Waals surface area contributed by atoms with Crippen LogP contribution in [0.1, 0.15) is 25.8 Å². The molecule has 0 N–H and O–H groups in total. The van der Waals surface area contributed by atoms with Gasteiger partial charge in [0.1, 0.15) is 6.10 Å². The molecule has 0 bridgehead atoms. The van der Waals surface area contributed by atoms with E-state index in [0.29, 0.717) is 13.0 Å². The third-order valence-corrected chi connectivity index (χ3v) is 2.44. The molecule has 1 rings (SSSR count). The van der Waals surface area contributed by atoms with Crippen LogP contribution in [0, 0.1) is 22.0 Å². The molecule has 0 amide bonds. The van der Waals surface area contributed by atoms with Gasteiger partial charge in [0.15, 0.2) is 0 Å². The first-order valence-corrected chi connectivity index (χ1v) is 5.94. The lowest BCUT2D eigenvalue weighted by molar-refractivity contribution is -0.384. The van der Waals surface area contributed by atoms with E-state index in [0.717, 1.165) is 11.1 Å². The first kappa shape index (κ1) is 14.9. The number of hydrogen-bond acceptors (Lipinski definition) is 3. The van der Waals surface area contributed by atoms with Crippen LogP contribution in [0.4, 0.5) is 5.69 Å². The molecule has 0 spiro atoms. The number of hydrogen-bond donors (Lipinski definition) is 0. The summed E-state index contributed by atoms with van der Waals surface area (Å²) in [6, 6.07) is 6.32. The van der Waals surface area contributed by atoms with Gasteiger partial charge in [-0.25, -0.2) is 0 Å². The van der Waals surface area contributed by atoms with E-state index in [1.807, 2.05) is 6.92 Å². The number of benzene rings is 1. The minimum absolute atomic E-state index is 0.0792. The summed E-state index contributed by atoms with van der Waals surface area (Å²) in [5.74, 6) is 5.80. The zero-order valence-electron chi connectivity index (χ0n) is 11.2. The largest absolute Gasteiger partial charge is 0.361 e. The van der Waals surface area contributed by atoms with Crippen LogP contribution in [0.25, 0.3) is 0 Å². The fraction of sp³-hybridized carbons (Fsp3) is 0.333. The number of nitro groups is 1. The first-order chi connectivity index (χ1) is 9.02. The quantitative estimate of drug-likeness (QED) is 0.340. The molecule has 0 radical (unpaired) electrons. The summed E-state index contributed by atoms with van der Waals surface area (Å²) in [7, 11) is 0. The van der Waals surface area contributed by atoms with Gasteiger partial charge in [-0.05, 0) is 31.5 Å². The minimum Gasteiger partial charge on any atom is -0.361 e. The molecule has 100 valence electrons. The molecule has 0 heterocycles. The van der Waals surface area contributed by atoms with E-state index in [9.17, 15) is 10.1 Å². The Balaban J connectivity index is 2.60. The van der Waals surface area contributed by atoms with E-state index in [-0.39, 0.29) is 11.8 Å². The first-order valence-electron chi connectivity index (χ1n) is 5.94. The van der Waals surface area contributed by atoms with Gasteiger partial charge in [0.25, 0.3) is 5.69 Å². The van der Waals surface area contributed by atoms with Crippen molar-refractivity contribution in [1.29, 1.82) is 0 Å². The lowest BCUT2D eigenvalue weighted by Gasteiger charge is -2.12. The SMILES string of the molecule is C=C(C)CC(C#CC)OCc1ccc([N+](=O)[O-])cc1. The molecule has 0 aliphatic rings. The predicted molar refractivity (Wildman–Crippen MR) is 74.6 cm³/mol. The van der Waals surface area contributed by atoms with Crippen molar-refractivity contribution in [3.63, 3.8) is 0 Å². The maximum atomic E-state index is 10.5. The highest BCUT2D eigenvalue weighted by molar-refractivity contribution is 5.32. The number of non-ortho nitro benzene ring substituents is 1. The maximum Gasteiger partial charge on any atom is 0.269 e. The van der Waals surface area contributed by atoms with Crippen molar-refractivity contribution in [3.8, 4) is 11.8 Å². The lowest BCUT2D eigenvalue weighted by Crippen LogP contribution is -2.10. The van der Waals surface area contributed by atoms with Crippen LogP contribution >= 0.6 is 0 Å². The molecule has 1 aromatic rings. The van der Waals surface area contributed by atoms with Crippen molar-refractivity contribution in [2.45, 2.75) is 33.0 Å². The molecule has 0 aliphatic heterocycles.